The highest BCUT2D eigenvalue weighted by atomic mass is 32.2. The number of sulfonamides is 1. The predicted octanol–water partition coefficient (Wildman–Crippen LogP) is 4.49. The quantitative estimate of drug-likeness (QED) is 0.451. The smallest absolute Gasteiger partial charge is 0.242 e. The third-order valence-corrected chi connectivity index (χ3v) is 7.73. The van der Waals surface area contributed by atoms with Gasteiger partial charge in [-0.3, -0.25) is 13.9 Å². The molecular formula is C28H41N3O4S. The van der Waals surface area contributed by atoms with E-state index in [9.17, 15) is 18.0 Å². The molecule has 2 rings (SSSR count). The van der Waals surface area contributed by atoms with E-state index >= 15 is 0 Å². The lowest BCUT2D eigenvalue weighted by Crippen LogP contribution is -2.49. The number of nitrogens with one attached hydrogen (secondary N) is 1. The zero-order valence-electron chi connectivity index (χ0n) is 22.7. The molecule has 36 heavy (non-hydrogen) atoms. The van der Waals surface area contributed by atoms with E-state index in [1.54, 1.807) is 17.9 Å². The summed E-state index contributed by atoms with van der Waals surface area (Å²) in [5.74, 6) is -0.380. The van der Waals surface area contributed by atoms with Crippen molar-refractivity contribution in [3.05, 3.63) is 64.7 Å². The molecule has 0 saturated heterocycles. The van der Waals surface area contributed by atoms with Gasteiger partial charge in [-0.1, -0.05) is 42.8 Å². The molecule has 0 aliphatic rings. The van der Waals surface area contributed by atoms with E-state index < -0.39 is 16.1 Å². The van der Waals surface area contributed by atoms with Gasteiger partial charge in [0.15, 0.2) is 0 Å². The molecule has 0 aliphatic heterocycles. The minimum atomic E-state index is -3.52. The zero-order valence-corrected chi connectivity index (χ0v) is 23.5. The SMILES string of the molecule is CC[C@@H](C)NC(=O)[C@@H](C)N(Cc1cccc(C)c1)C(=O)CCCN(c1ccc(C)c(C)c1)S(C)(=O)=O. The summed E-state index contributed by atoms with van der Waals surface area (Å²) in [5.41, 5.74) is 4.70. The van der Waals surface area contributed by atoms with Crippen molar-refractivity contribution in [2.75, 3.05) is 17.1 Å². The maximum absolute atomic E-state index is 13.4. The van der Waals surface area contributed by atoms with E-state index in [1.165, 1.54) is 10.6 Å². The molecule has 0 bridgehead atoms. The first kappa shape index (κ1) is 29.4. The fourth-order valence-corrected chi connectivity index (χ4v) is 4.90. The number of carbonyl (C=O) groups is 2. The summed E-state index contributed by atoms with van der Waals surface area (Å²) in [6, 6.07) is 12.8. The Labute approximate surface area is 216 Å². The van der Waals surface area contributed by atoms with E-state index in [2.05, 4.69) is 5.32 Å². The maximum Gasteiger partial charge on any atom is 0.242 e. The normalized spacial score (nSPS) is 13.1. The summed E-state index contributed by atoms with van der Waals surface area (Å²) in [4.78, 5) is 27.8. The molecule has 0 spiro atoms. The van der Waals surface area contributed by atoms with Crippen molar-refractivity contribution >= 4 is 27.5 Å². The van der Waals surface area contributed by atoms with Gasteiger partial charge in [0.05, 0.1) is 11.9 Å². The van der Waals surface area contributed by atoms with E-state index in [4.69, 9.17) is 0 Å². The molecule has 8 heteroatoms. The summed E-state index contributed by atoms with van der Waals surface area (Å²) in [6.45, 7) is 12.1. The fourth-order valence-electron chi connectivity index (χ4n) is 3.94. The second kappa shape index (κ2) is 12.9. The number of carbonyl (C=O) groups excluding carboxylic acids is 2. The van der Waals surface area contributed by atoms with E-state index in [0.717, 1.165) is 28.7 Å². The monoisotopic (exact) mass is 515 g/mol. The Kier molecular flexibility index (Phi) is 10.5. The third-order valence-electron chi connectivity index (χ3n) is 6.53. The number of benzene rings is 2. The summed E-state index contributed by atoms with van der Waals surface area (Å²) < 4.78 is 26.4. The Morgan fingerprint density at radius 3 is 2.28 bits per heavy atom. The molecule has 7 nitrogen and oxygen atoms in total. The summed E-state index contributed by atoms with van der Waals surface area (Å²) in [6.07, 6.45) is 2.44. The minimum absolute atomic E-state index is 0.0113. The fraction of sp³-hybridized carbons (Fsp3) is 0.500. The number of hydrogen-bond acceptors (Lipinski definition) is 4. The highest BCUT2D eigenvalue weighted by Crippen LogP contribution is 2.22. The number of anilines is 1. The van der Waals surface area contributed by atoms with Crippen LogP contribution < -0.4 is 9.62 Å². The average molecular weight is 516 g/mol. The third kappa shape index (κ3) is 8.36. The number of nitrogens with zero attached hydrogens (tertiary/aromatic N) is 2. The molecule has 0 radical (unpaired) electrons. The molecule has 2 amide bonds. The molecule has 2 atom stereocenters. The Hall–Kier alpha value is -2.87. The Balaban J connectivity index is 2.19. The van der Waals surface area contributed by atoms with Crippen molar-refractivity contribution < 1.29 is 18.0 Å². The van der Waals surface area contributed by atoms with Gasteiger partial charge in [-0.05, 0) is 76.3 Å². The van der Waals surface area contributed by atoms with Crippen LogP contribution in [0.2, 0.25) is 0 Å². The van der Waals surface area contributed by atoms with Crippen LogP contribution in [0.4, 0.5) is 5.69 Å². The van der Waals surface area contributed by atoms with Gasteiger partial charge in [-0.25, -0.2) is 8.42 Å². The van der Waals surface area contributed by atoms with E-state index in [-0.39, 0.29) is 30.8 Å². The zero-order chi connectivity index (χ0) is 27.0. The summed E-state index contributed by atoms with van der Waals surface area (Å²) >= 11 is 0. The lowest BCUT2D eigenvalue weighted by molar-refractivity contribution is -0.140. The van der Waals surface area contributed by atoms with Crippen molar-refractivity contribution in [1.82, 2.24) is 10.2 Å². The van der Waals surface area contributed by atoms with E-state index in [0.29, 0.717) is 18.7 Å². The number of amides is 2. The first-order valence-electron chi connectivity index (χ1n) is 12.5. The van der Waals surface area contributed by atoms with Crippen LogP contribution in [-0.2, 0) is 26.2 Å². The van der Waals surface area contributed by atoms with Crippen molar-refractivity contribution in [1.29, 1.82) is 0 Å². The maximum atomic E-state index is 13.4. The van der Waals surface area contributed by atoms with Crippen molar-refractivity contribution in [3.63, 3.8) is 0 Å². The van der Waals surface area contributed by atoms with Crippen LogP contribution >= 0.6 is 0 Å². The number of aryl methyl sites for hydroxylation is 3. The van der Waals surface area contributed by atoms with Gasteiger partial charge in [0, 0.05) is 25.6 Å². The Morgan fingerprint density at radius 2 is 1.69 bits per heavy atom. The second-order valence-electron chi connectivity index (χ2n) is 9.71. The molecule has 0 aliphatic carbocycles. The van der Waals surface area contributed by atoms with E-state index in [1.807, 2.05) is 71.0 Å². The predicted molar refractivity (Wildman–Crippen MR) is 146 cm³/mol. The largest absolute Gasteiger partial charge is 0.352 e. The van der Waals surface area contributed by atoms with Crippen LogP contribution in [0, 0.1) is 20.8 Å². The standard InChI is InChI=1S/C28H41N3O4S/c1-8-23(5)29-28(33)24(6)30(19-25-12-9-11-20(2)17-25)27(32)13-10-16-31(36(7,34)35)26-15-14-21(3)22(4)18-26/h9,11-12,14-15,17-18,23-24H,8,10,13,16,19H2,1-7H3,(H,29,33)/t23-,24-/m1/s1. The van der Waals surface area contributed by atoms with Crippen molar-refractivity contribution in [2.45, 2.75) is 79.4 Å². The van der Waals surface area contributed by atoms with Crippen LogP contribution in [0.15, 0.2) is 42.5 Å². The number of rotatable bonds is 12. The van der Waals surface area contributed by atoms with Crippen LogP contribution in [0.3, 0.4) is 0 Å². The molecule has 0 fully saturated rings. The average Bonchev–Trinajstić information content (AvgIpc) is 2.80. The van der Waals surface area contributed by atoms with Gasteiger partial charge in [-0.15, -0.1) is 0 Å². The molecule has 0 heterocycles. The minimum Gasteiger partial charge on any atom is -0.352 e. The van der Waals surface area contributed by atoms with Gasteiger partial charge in [0.2, 0.25) is 21.8 Å². The molecule has 0 saturated carbocycles. The highest BCUT2D eigenvalue weighted by Gasteiger charge is 2.27. The Bertz CT molecular complexity index is 1160. The number of hydrogen-bond donors (Lipinski definition) is 1. The molecule has 0 aromatic heterocycles. The van der Waals surface area contributed by atoms with Gasteiger partial charge in [0.25, 0.3) is 0 Å². The van der Waals surface area contributed by atoms with Gasteiger partial charge in [0.1, 0.15) is 6.04 Å². The van der Waals surface area contributed by atoms with Crippen LogP contribution in [0.5, 0.6) is 0 Å². The van der Waals surface area contributed by atoms with Crippen LogP contribution in [0.25, 0.3) is 0 Å². The van der Waals surface area contributed by atoms with Crippen LogP contribution in [-0.4, -0.2) is 50.0 Å². The molecular weight excluding hydrogens is 474 g/mol. The molecule has 0 unspecified atom stereocenters. The molecule has 2 aromatic rings. The molecule has 2 aromatic carbocycles. The first-order valence-corrected chi connectivity index (χ1v) is 14.4. The lowest BCUT2D eigenvalue weighted by Gasteiger charge is -2.30. The lowest BCUT2D eigenvalue weighted by atomic mass is 10.1. The van der Waals surface area contributed by atoms with Crippen LogP contribution in [0.1, 0.15) is 62.3 Å². The van der Waals surface area contributed by atoms with Gasteiger partial charge in [-0.2, -0.15) is 0 Å². The van der Waals surface area contributed by atoms with Crippen molar-refractivity contribution in [2.24, 2.45) is 0 Å². The first-order chi connectivity index (χ1) is 16.8. The summed E-state index contributed by atoms with van der Waals surface area (Å²) in [7, 11) is -3.52. The molecule has 1 N–H and O–H groups in total. The van der Waals surface area contributed by atoms with Gasteiger partial charge < -0.3 is 10.2 Å². The Morgan fingerprint density at radius 1 is 1.00 bits per heavy atom. The summed E-state index contributed by atoms with van der Waals surface area (Å²) in [5, 5.41) is 2.97. The second-order valence-corrected chi connectivity index (χ2v) is 11.6. The van der Waals surface area contributed by atoms with Gasteiger partial charge >= 0.3 is 0 Å². The topological polar surface area (TPSA) is 86.8 Å². The molecule has 198 valence electrons. The highest BCUT2D eigenvalue weighted by molar-refractivity contribution is 7.92. The van der Waals surface area contributed by atoms with Crippen molar-refractivity contribution in [3.8, 4) is 0 Å².